The minimum Gasteiger partial charge on any atom is -0.496 e. The molecule has 5 nitrogen and oxygen atoms in total. The van der Waals surface area contributed by atoms with E-state index in [1.807, 2.05) is 24.3 Å². The summed E-state index contributed by atoms with van der Waals surface area (Å²) < 4.78 is 11.1. The zero-order valence-electron chi connectivity index (χ0n) is 10.9. The lowest BCUT2D eigenvalue weighted by Gasteiger charge is -2.03. The van der Waals surface area contributed by atoms with Crippen molar-refractivity contribution in [2.24, 2.45) is 0 Å². The van der Waals surface area contributed by atoms with Gasteiger partial charge in [0.05, 0.1) is 12.7 Å². The quantitative estimate of drug-likeness (QED) is 0.911. The van der Waals surface area contributed by atoms with Gasteiger partial charge in [0.2, 0.25) is 0 Å². The number of carbonyl (C=O) groups is 1. The Balaban J connectivity index is 2.20. The fourth-order valence-electron chi connectivity index (χ4n) is 1.62. The number of halogens is 1. The predicted molar refractivity (Wildman–Crippen MR) is 78.9 cm³/mol. The maximum atomic E-state index is 11.8. The second kappa shape index (κ2) is 6.38. The van der Waals surface area contributed by atoms with Crippen LogP contribution in [0.1, 0.15) is 10.5 Å². The van der Waals surface area contributed by atoms with Gasteiger partial charge in [0.1, 0.15) is 5.75 Å². The molecule has 20 heavy (non-hydrogen) atoms. The van der Waals surface area contributed by atoms with E-state index in [1.165, 1.54) is 0 Å². The van der Waals surface area contributed by atoms with Gasteiger partial charge < -0.3 is 14.6 Å². The fraction of sp³-hybridized carbons (Fsp3) is 0.143. The molecule has 0 aliphatic carbocycles. The molecule has 1 aromatic heterocycles. The van der Waals surface area contributed by atoms with Gasteiger partial charge in [-0.1, -0.05) is 39.8 Å². The highest BCUT2D eigenvalue weighted by molar-refractivity contribution is 9.11. The number of methoxy groups -OCH3 is 1. The number of hydrogen-bond acceptors (Lipinski definition) is 4. The van der Waals surface area contributed by atoms with Crippen molar-refractivity contribution in [3.63, 3.8) is 0 Å². The van der Waals surface area contributed by atoms with Crippen LogP contribution in [-0.4, -0.2) is 24.7 Å². The fourth-order valence-corrected chi connectivity index (χ4v) is 1.76. The number of benzene rings is 1. The highest BCUT2D eigenvalue weighted by Gasteiger charge is 2.15. The van der Waals surface area contributed by atoms with E-state index in [4.69, 9.17) is 9.26 Å². The Morgan fingerprint density at radius 1 is 1.50 bits per heavy atom. The number of nitrogens with zero attached hydrogens (tertiary/aromatic N) is 1. The van der Waals surface area contributed by atoms with Gasteiger partial charge >= 0.3 is 0 Å². The van der Waals surface area contributed by atoms with Crippen LogP contribution < -0.4 is 10.1 Å². The van der Waals surface area contributed by atoms with E-state index in [2.05, 4.69) is 33.0 Å². The summed E-state index contributed by atoms with van der Waals surface area (Å²) in [6, 6.07) is 8.93. The number of rotatable bonds is 5. The maximum absolute atomic E-state index is 11.8. The lowest BCUT2D eigenvalue weighted by atomic mass is 10.1. The highest BCUT2D eigenvalue weighted by atomic mass is 79.9. The Labute approximate surface area is 124 Å². The number of hydrogen-bond donors (Lipinski definition) is 1. The Morgan fingerprint density at radius 2 is 2.25 bits per heavy atom. The molecule has 1 N–H and O–H groups in total. The molecule has 104 valence electrons. The molecule has 0 saturated heterocycles. The van der Waals surface area contributed by atoms with Gasteiger partial charge in [-0.3, -0.25) is 4.79 Å². The molecule has 0 fully saturated rings. The molecule has 1 aromatic carbocycles. The van der Waals surface area contributed by atoms with Crippen LogP contribution >= 0.6 is 15.9 Å². The number of amides is 1. The molecule has 2 rings (SSSR count). The monoisotopic (exact) mass is 336 g/mol. The standard InChI is InChI=1S/C14H13BrN2O3/c1-9(15)8-16-14(18)11-7-13(20-17-11)10-5-3-4-6-12(10)19-2/h3-7H,1,8H2,2H3,(H,16,18). The Kier molecular flexibility index (Phi) is 4.57. The first kappa shape index (κ1) is 14.3. The average Bonchev–Trinajstić information content (AvgIpc) is 2.94. The van der Waals surface area contributed by atoms with Crippen molar-refractivity contribution >= 4 is 21.8 Å². The first-order chi connectivity index (χ1) is 9.61. The van der Waals surface area contributed by atoms with Crippen LogP contribution in [0.25, 0.3) is 11.3 Å². The van der Waals surface area contributed by atoms with E-state index in [0.717, 1.165) is 5.56 Å². The molecule has 1 heterocycles. The van der Waals surface area contributed by atoms with Crippen molar-refractivity contribution < 1.29 is 14.1 Å². The van der Waals surface area contributed by atoms with Gasteiger partial charge in [-0.05, 0) is 12.1 Å². The summed E-state index contributed by atoms with van der Waals surface area (Å²) in [5.41, 5.74) is 0.950. The van der Waals surface area contributed by atoms with Crippen molar-refractivity contribution in [1.29, 1.82) is 0 Å². The molecule has 6 heteroatoms. The molecular weight excluding hydrogens is 324 g/mol. The molecule has 0 saturated carbocycles. The summed E-state index contributed by atoms with van der Waals surface area (Å²) in [7, 11) is 1.57. The van der Waals surface area contributed by atoms with Gasteiger partial charge in [-0.15, -0.1) is 0 Å². The summed E-state index contributed by atoms with van der Waals surface area (Å²) in [4.78, 5) is 11.8. The topological polar surface area (TPSA) is 64.4 Å². The molecule has 0 spiro atoms. The SMILES string of the molecule is C=C(Br)CNC(=O)c1cc(-c2ccccc2OC)on1. The van der Waals surface area contributed by atoms with Crippen LogP contribution in [0, 0.1) is 0 Å². The normalized spacial score (nSPS) is 10.1. The highest BCUT2D eigenvalue weighted by Crippen LogP contribution is 2.29. The van der Waals surface area contributed by atoms with E-state index < -0.39 is 0 Å². The summed E-state index contributed by atoms with van der Waals surface area (Å²) in [6.07, 6.45) is 0. The Bertz CT molecular complexity index is 637. The third kappa shape index (κ3) is 3.27. The van der Waals surface area contributed by atoms with Crippen LogP contribution in [0.4, 0.5) is 0 Å². The van der Waals surface area contributed by atoms with Gasteiger partial charge in [0.25, 0.3) is 5.91 Å². The largest absolute Gasteiger partial charge is 0.496 e. The number of para-hydroxylation sites is 1. The van der Waals surface area contributed by atoms with Gasteiger partial charge in [0.15, 0.2) is 11.5 Å². The summed E-state index contributed by atoms with van der Waals surface area (Å²) in [5.74, 6) is 0.810. The van der Waals surface area contributed by atoms with Gasteiger partial charge in [-0.25, -0.2) is 0 Å². The molecule has 0 radical (unpaired) electrons. The number of aromatic nitrogens is 1. The molecule has 0 aliphatic heterocycles. The molecule has 0 atom stereocenters. The first-order valence-electron chi connectivity index (χ1n) is 5.83. The predicted octanol–water partition coefficient (Wildman–Crippen LogP) is 2.99. The average molecular weight is 337 g/mol. The zero-order valence-corrected chi connectivity index (χ0v) is 12.4. The zero-order chi connectivity index (χ0) is 14.5. The van der Waals surface area contributed by atoms with Crippen molar-refractivity contribution in [2.45, 2.75) is 0 Å². The molecular formula is C14H13BrN2O3. The van der Waals surface area contributed by atoms with E-state index >= 15 is 0 Å². The minimum absolute atomic E-state index is 0.208. The van der Waals surface area contributed by atoms with E-state index in [0.29, 0.717) is 22.5 Å². The molecule has 1 amide bonds. The number of ether oxygens (including phenoxy) is 1. The van der Waals surface area contributed by atoms with Crippen molar-refractivity contribution in [1.82, 2.24) is 10.5 Å². The Hall–Kier alpha value is -2.08. The molecule has 0 unspecified atom stereocenters. The van der Waals surface area contributed by atoms with Crippen molar-refractivity contribution in [2.75, 3.05) is 13.7 Å². The van der Waals surface area contributed by atoms with Crippen molar-refractivity contribution in [3.05, 3.63) is 47.1 Å². The van der Waals surface area contributed by atoms with Gasteiger partial charge in [0, 0.05) is 17.1 Å². The van der Waals surface area contributed by atoms with Crippen molar-refractivity contribution in [3.8, 4) is 17.1 Å². The molecule has 0 aliphatic rings. The van der Waals surface area contributed by atoms with E-state index in [9.17, 15) is 4.79 Å². The van der Waals surface area contributed by atoms with E-state index in [-0.39, 0.29) is 11.6 Å². The molecule has 0 bridgehead atoms. The van der Waals surface area contributed by atoms with Crippen LogP contribution in [0.15, 0.2) is 45.9 Å². The second-order valence-corrected chi connectivity index (χ2v) is 5.10. The van der Waals surface area contributed by atoms with Crippen LogP contribution in [0.5, 0.6) is 5.75 Å². The van der Waals surface area contributed by atoms with Gasteiger partial charge in [-0.2, -0.15) is 0 Å². The Morgan fingerprint density at radius 3 is 2.95 bits per heavy atom. The lowest BCUT2D eigenvalue weighted by molar-refractivity contribution is 0.0949. The third-order valence-corrected chi connectivity index (χ3v) is 2.84. The summed E-state index contributed by atoms with van der Waals surface area (Å²) in [5, 5.41) is 6.41. The van der Waals surface area contributed by atoms with Crippen LogP contribution in [0.3, 0.4) is 0 Å². The molecule has 2 aromatic rings. The summed E-state index contributed by atoms with van der Waals surface area (Å²) in [6.45, 7) is 3.97. The minimum atomic E-state index is -0.324. The van der Waals surface area contributed by atoms with Crippen LogP contribution in [0.2, 0.25) is 0 Å². The van der Waals surface area contributed by atoms with E-state index in [1.54, 1.807) is 13.2 Å². The maximum Gasteiger partial charge on any atom is 0.273 e. The first-order valence-corrected chi connectivity index (χ1v) is 6.62. The third-order valence-electron chi connectivity index (χ3n) is 2.56. The number of nitrogens with one attached hydrogen (secondary N) is 1. The number of carbonyl (C=O) groups excluding carboxylic acids is 1. The van der Waals surface area contributed by atoms with Crippen LogP contribution in [-0.2, 0) is 0 Å². The smallest absolute Gasteiger partial charge is 0.273 e. The lowest BCUT2D eigenvalue weighted by Crippen LogP contribution is -2.24. The summed E-state index contributed by atoms with van der Waals surface area (Å²) >= 11 is 3.17. The second-order valence-electron chi connectivity index (χ2n) is 3.98.